The lowest BCUT2D eigenvalue weighted by molar-refractivity contribution is -0.393. The van der Waals surface area contributed by atoms with Crippen molar-refractivity contribution in [3.8, 4) is 0 Å². The van der Waals surface area contributed by atoms with Crippen molar-refractivity contribution in [1.29, 1.82) is 0 Å². The molecule has 0 radical (unpaired) electrons. The number of nitrogens with zero attached hydrogens (tertiary/aromatic N) is 4. The molecule has 1 aliphatic rings. The third kappa shape index (κ3) is 3.34. The van der Waals surface area contributed by atoms with E-state index in [2.05, 4.69) is 10.2 Å². The van der Waals surface area contributed by atoms with Gasteiger partial charge in [0.15, 0.2) is 5.69 Å². The predicted molar refractivity (Wildman–Crippen MR) is 71.1 cm³/mol. The van der Waals surface area contributed by atoms with Crippen molar-refractivity contribution < 1.29 is 9.85 Å². The van der Waals surface area contributed by atoms with E-state index in [9.17, 15) is 20.2 Å². The predicted octanol–water partition coefficient (Wildman–Crippen LogP) is 3.92. The molecule has 8 nitrogen and oxygen atoms in total. The fraction of sp³-hybridized carbons (Fsp3) is 0.500. The van der Waals surface area contributed by atoms with Gasteiger partial charge in [-0.2, -0.15) is 5.11 Å². The Bertz CT molecular complexity index is 552. The zero-order valence-electron chi connectivity index (χ0n) is 10.8. The number of hydrogen-bond donors (Lipinski definition) is 0. The first kappa shape index (κ1) is 14.0. The maximum absolute atomic E-state index is 10.9. The number of non-ortho nitro benzene ring substituents is 1. The van der Waals surface area contributed by atoms with Crippen LogP contribution < -0.4 is 0 Å². The van der Waals surface area contributed by atoms with E-state index in [1.54, 1.807) is 0 Å². The Labute approximate surface area is 114 Å². The summed E-state index contributed by atoms with van der Waals surface area (Å²) >= 11 is 0. The number of nitro groups is 2. The minimum Gasteiger partial charge on any atom is -0.258 e. The average molecular weight is 278 g/mol. The van der Waals surface area contributed by atoms with E-state index >= 15 is 0 Å². The van der Waals surface area contributed by atoms with Crippen molar-refractivity contribution in [2.24, 2.45) is 10.2 Å². The van der Waals surface area contributed by atoms with Gasteiger partial charge in [-0.1, -0.05) is 19.3 Å². The van der Waals surface area contributed by atoms with Crippen molar-refractivity contribution >= 4 is 17.1 Å². The zero-order valence-corrected chi connectivity index (χ0v) is 10.8. The summed E-state index contributed by atoms with van der Waals surface area (Å²) in [4.78, 5) is 20.2. The van der Waals surface area contributed by atoms with Gasteiger partial charge in [0, 0.05) is 6.07 Å². The van der Waals surface area contributed by atoms with Gasteiger partial charge in [-0.05, 0) is 18.9 Å². The summed E-state index contributed by atoms with van der Waals surface area (Å²) < 4.78 is 0. The van der Waals surface area contributed by atoms with E-state index in [1.165, 1.54) is 18.6 Å². The molecule has 1 fully saturated rings. The second-order valence-electron chi connectivity index (χ2n) is 4.69. The van der Waals surface area contributed by atoms with Crippen molar-refractivity contribution in [1.82, 2.24) is 0 Å². The van der Waals surface area contributed by atoms with Crippen molar-refractivity contribution in [2.75, 3.05) is 0 Å². The SMILES string of the molecule is O=[N+]([O-])c1ccc(N=NC2CCCCC2)c([N+](=O)[O-])c1. The molecule has 0 aromatic heterocycles. The highest BCUT2D eigenvalue weighted by atomic mass is 16.6. The Morgan fingerprint density at radius 1 is 1.05 bits per heavy atom. The summed E-state index contributed by atoms with van der Waals surface area (Å²) in [6.45, 7) is 0. The molecule has 8 heteroatoms. The minimum atomic E-state index is -0.678. The van der Waals surface area contributed by atoms with Crippen LogP contribution in [0.2, 0.25) is 0 Å². The lowest BCUT2D eigenvalue weighted by Gasteiger charge is -2.15. The van der Waals surface area contributed by atoms with Crippen molar-refractivity contribution in [2.45, 2.75) is 38.1 Å². The fourth-order valence-corrected chi connectivity index (χ4v) is 2.20. The third-order valence-electron chi connectivity index (χ3n) is 3.27. The van der Waals surface area contributed by atoms with Crippen LogP contribution in [0.25, 0.3) is 0 Å². The number of nitro benzene ring substituents is 2. The molecular formula is C12H14N4O4. The largest absolute Gasteiger partial charge is 0.303 e. The van der Waals surface area contributed by atoms with E-state index in [0.29, 0.717) is 0 Å². The van der Waals surface area contributed by atoms with Gasteiger partial charge < -0.3 is 0 Å². The van der Waals surface area contributed by atoms with Crippen LogP contribution in [0.3, 0.4) is 0 Å². The lowest BCUT2D eigenvalue weighted by Crippen LogP contribution is -2.08. The van der Waals surface area contributed by atoms with E-state index in [-0.39, 0.29) is 17.4 Å². The van der Waals surface area contributed by atoms with Crippen LogP contribution in [0, 0.1) is 20.2 Å². The van der Waals surface area contributed by atoms with Gasteiger partial charge in [0.25, 0.3) is 5.69 Å². The van der Waals surface area contributed by atoms with Crippen molar-refractivity contribution in [3.05, 3.63) is 38.4 Å². The summed E-state index contributed by atoms with van der Waals surface area (Å²) in [5.41, 5.74) is -0.654. The second kappa shape index (κ2) is 6.18. The summed E-state index contributed by atoms with van der Waals surface area (Å²) in [5, 5.41) is 29.6. The molecule has 1 aromatic rings. The molecular weight excluding hydrogens is 264 g/mol. The molecule has 1 saturated carbocycles. The van der Waals surface area contributed by atoms with Gasteiger partial charge in [0.05, 0.1) is 22.0 Å². The molecule has 0 saturated heterocycles. The minimum absolute atomic E-state index is 0.0613. The van der Waals surface area contributed by atoms with Gasteiger partial charge in [-0.15, -0.1) is 5.11 Å². The molecule has 0 bridgehead atoms. The third-order valence-corrected chi connectivity index (χ3v) is 3.27. The number of benzene rings is 1. The molecule has 0 heterocycles. The average Bonchev–Trinajstić information content (AvgIpc) is 2.45. The van der Waals surface area contributed by atoms with E-state index in [0.717, 1.165) is 31.7 Å². The molecule has 2 rings (SSSR count). The Kier molecular flexibility index (Phi) is 4.34. The summed E-state index contributed by atoms with van der Waals surface area (Å²) in [7, 11) is 0. The lowest BCUT2D eigenvalue weighted by atomic mass is 9.96. The van der Waals surface area contributed by atoms with E-state index < -0.39 is 15.5 Å². The molecule has 0 spiro atoms. The topological polar surface area (TPSA) is 111 Å². The normalized spacial score (nSPS) is 16.4. The monoisotopic (exact) mass is 278 g/mol. The fourth-order valence-electron chi connectivity index (χ4n) is 2.20. The van der Waals surface area contributed by atoms with Gasteiger partial charge in [0.1, 0.15) is 0 Å². The first-order valence-electron chi connectivity index (χ1n) is 6.41. The second-order valence-corrected chi connectivity index (χ2v) is 4.69. The summed E-state index contributed by atoms with van der Waals surface area (Å²) in [6.07, 6.45) is 5.23. The zero-order chi connectivity index (χ0) is 14.5. The maximum Gasteiger partial charge on any atom is 0.303 e. The number of rotatable bonds is 4. The smallest absolute Gasteiger partial charge is 0.258 e. The molecule has 0 amide bonds. The van der Waals surface area contributed by atoms with Crippen LogP contribution >= 0.6 is 0 Å². The molecule has 0 N–H and O–H groups in total. The molecule has 1 aromatic carbocycles. The van der Waals surface area contributed by atoms with Crippen LogP contribution in [0.1, 0.15) is 32.1 Å². The van der Waals surface area contributed by atoms with Crippen LogP contribution in [0.15, 0.2) is 28.4 Å². The molecule has 20 heavy (non-hydrogen) atoms. The Morgan fingerprint density at radius 2 is 1.75 bits per heavy atom. The van der Waals surface area contributed by atoms with Gasteiger partial charge in [0.2, 0.25) is 0 Å². The highest BCUT2D eigenvalue weighted by Crippen LogP contribution is 2.32. The standard InChI is InChI=1S/C12H14N4O4/c17-15(18)10-6-7-11(12(8-10)16(19)20)14-13-9-4-2-1-3-5-9/h6-9H,1-5H2. The molecule has 0 aliphatic heterocycles. The number of azo groups is 1. The molecule has 106 valence electrons. The van der Waals surface area contributed by atoms with Gasteiger partial charge in [-0.3, -0.25) is 20.2 Å². The summed E-state index contributed by atoms with van der Waals surface area (Å²) in [5.74, 6) is 0. The van der Waals surface area contributed by atoms with Crippen molar-refractivity contribution in [3.63, 3.8) is 0 Å². The van der Waals surface area contributed by atoms with Gasteiger partial charge >= 0.3 is 5.69 Å². The summed E-state index contributed by atoms with van der Waals surface area (Å²) in [6, 6.07) is 3.47. The molecule has 0 atom stereocenters. The quantitative estimate of drug-likeness (QED) is 0.472. The molecule has 0 unspecified atom stereocenters. The van der Waals surface area contributed by atoms with Crippen LogP contribution in [0.5, 0.6) is 0 Å². The Morgan fingerprint density at radius 3 is 2.35 bits per heavy atom. The Balaban J connectivity index is 2.23. The number of hydrogen-bond acceptors (Lipinski definition) is 6. The van der Waals surface area contributed by atoms with Crippen LogP contribution in [-0.4, -0.2) is 15.9 Å². The van der Waals surface area contributed by atoms with E-state index in [4.69, 9.17) is 0 Å². The molecule has 1 aliphatic carbocycles. The highest BCUT2D eigenvalue weighted by Gasteiger charge is 2.20. The van der Waals surface area contributed by atoms with Gasteiger partial charge in [-0.25, -0.2) is 0 Å². The van der Waals surface area contributed by atoms with E-state index in [1.807, 2.05) is 0 Å². The maximum atomic E-state index is 10.9. The first-order chi connectivity index (χ1) is 9.58. The van der Waals surface area contributed by atoms with Crippen LogP contribution in [-0.2, 0) is 0 Å². The van der Waals surface area contributed by atoms with Crippen LogP contribution in [0.4, 0.5) is 17.1 Å². The first-order valence-corrected chi connectivity index (χ1v) is 6.41. The highest BCUT2D eigenvalue weighted by molar-refractivity contribution is 5.61. The Hall–Kier alpha value is -2.38.